The van der Waals surface area contributed by atoms with Crippen LogP contribution in [0.2, 0.25) is 0 Å². The van der Waals surface area contributed by atoms with E-state index in [1.165, 1.54) is 12.3 Å². The van der Waals surface area contributed by atoms with Crippen molar-refractivity contribution < 1.29 is 8.78 Å². The fourth-order valence-corrected chi connectivity index (χ4v) is 1.35. The topological polar surface area (TPSA) is 62.7 Å². The van der Waals surface area contributed by atoms with Crippen molar-refractivity contribution in [3.8, 4) is 0 Å². The predicted molar refractivity (Wildman–Crippen MR) is 68.2 cm³/mol. The van der Waals surface area contributed by atoms with Gasteiger partial charge >= 0.3 is 0 Å². The molecule has 0 aliphatic rings. The molecular weight excluding hydrogens is 252 g/mol. The highest BCUT2D eigenvalue weighted by Gasteiger charge is 2.09. The van der Waals surface area contributed by atoms with Crippen molar-refractivity contribution in [1.29, 1.82) is 0 Å². The molecule has 0 fully saturated rings. The molecule has 0 radical (unpaired) electrons. The number of hydrogen-bond acceptors (Lipinski definition) is 5. The number of benzene rings is 1. The lowest BCUT2D eigenvalue weighted by Gasteiger charge is -2.08. The molecule has 2 rings (SSSR count). The summed E-state index contributed by atoms with van der Waals surface area (Å²) in [7, 11) is 0. The molecule has 0 aliphatic heterocycles. The highest BCUT2D eigenvalue weighted by atomic mass is 19.1. The summed E-state index contributed by atoms with van der Waals surface area (Å²) in [6, 6.07) is 3.58. The average molecular weight is 263 g/mol. The molecule has 1 aromatic carbocycles. The third-order valence-corrected chi connectivity index (χ3v) is 2.18. The number of nitrogens with zero attached hydrogens (tertiary/aromatic N) is 3. The van der Waals surface area contributed by atoms with Crippen molar-refractivity contribution in [2.24, 2.45) is 0 Å². The van der Waals surface area contributed by atoms with Gasteiger partial charge in [0, 0.05) is 6.54 Å². The molecule has 5 nitrogen and oxygen atoms in total. The van der Waals surface area contributed by atoms with Gasteiger partial charge < -0.3 is 10.6 Å². The van der Waals surface area contributed by atoms with Crippen molar-refractivity contribution in [3.05, 3.63) is 48.7 Å². The van der Waals surface area contributed by atoms with Gasteiger partial charge in [-0.2, -0.15) is 10.1 Å². The van der Waals surface area contributed by atoms with Gasteiger partial charge in [-0.1, -0.05) is 12.1 Å². The van der Waals surface area contributed by atoms with Crippen LogP contribution in [0.3, 0.4) is 0 Å². The zero-order chi connectivity index (χ0) is 13.7. The van der Waals surface area contributed by atoms with Gasteiger partial charge in [0.25, 0.3) is 0 Å². The van der Waals surface area contributed by atoms with Crippen LogP contribution >= 0.6 is 0 Å². The maximum Gasteiger partial charge on any atom is 0.244 e. The molecule has 2 aromatic rings. The minimum atomic E-state index is -0.709. The van der Waals surface area contributed by atoms with Gasteiger partial charge in [-0.3, -0.25) is 0 Å². The number of hydrogen-bond donors (Lipinski definition) is 2. The summed E-state index contributed by atoms with van der Waals surface area (Å²) >= 11 is 0. The largest absolute Gasteiger partial charge is 0.349 e. The SMILES string of the molecule is C=CCNc1nncc(Nc2c(F)cccc2F)n1. The quantitative estimate of drug-likeness (QED) is 0.811. The van der Waals surface area contributed by atoms with Crippen LogP contribution in [-0.4, -0.2) is 21.7 Å². The molecule has 0 spiro atoms. The minimum Gasteiger partial charge on any atom is -0.349 e. The van der Waals surface area contributed by atoms with Crippen LogP contribution in [0.25, 0.3) is 0 Å². The van der Waals surface area contributed by atoms with E-state index < -0.39 is 11.6 Å². The first kappa shape index (κ1) is 12.9. The predicted octanol–water partition coefficient (Wildman–Crippen LogP) is 2.49. The molecular formula is C12H11F2N5. The van der Waals surface area contributed by atoms with Crippen LogP contribution in [0, 0.1) is 11.6 Å². The van der Waals surface area contributed by atoms with Crippen LogP contribution in [-0.2, 0) is 0 Å². The van der Waals surface area contributed by atoms with E-state index in [4.69, 9.17) is 0 Å². The Labute approximate surface area is 108 Å². The summed E-state index contributed by atoms with van der Waals surface area (Å²) in [5.41, 5.74) is -0.280. The Bertz CT molecular complexity index is 568. The van der Waals surface area contributed by atoms with Crippen molar-refractivity contribution >= 4 is 17.5 Å². The smallest absolute Gasteiger partial charge is 0.244 e. The van der Waals surface area contributed by atoms with E-state index in [0.717, 1.165) is 12.1 Å². The second kappa shape index (κ2) is 5.85. The van der Waals surface area contributed by atoms with E-state index in [0.29, 0.717) is 6.54 Å². The number of nitrogens with one attached hydrogen (secondary N) is 2. The van der Waals surface area contributed by atoms with Gasteiger partial charge in [-0.15, -0.1) is 11.7 Å². The van der Waals surface area contributed by atoms with Crippen molar-refractivity contribution in [2.45, 2.75) is 0 Å². The van der Waals surface area contributed by atoms with Gasteiger partial charge in [0.15, 0.2) is 5.82 Å². The lowest BCUT2D eigenvalue weighted by atomic mass is 10.3. The number of halogens is 2. The van der Waals surface area contributed by atoms with Gasteiger partial charge in [0.05, 0.1) is 6.20 Å². The maximum absolute atomic E-state index is 13.4. The Morgan fingerprint density at radius 3 is 2.68 bits per heavy atom. The van der Waals surface area contributed by atoms with Crippen LogP contribution in [0.1, 0.15) is 0 Å². The number of aromatic nitrogens is 3. The molecule has 0 atom stereocenters. The van der Waals surface area contributed by atoms with Gasteiger partial charge in [-0.25, -0.2) is 8.78 Å². The standard InChI is InChI=1S/C12H11F2N5/c1-2-6-15-12-18-10(7-16-19-12)17-11-8(13)4-3-5-9(11)14/h2-5,7H,1,6H2,(H2,15,17,18,19). The molecule has 0 bridgehead atoms. The molecule has 0 saturated carbocycles. The fraction of sp³-hybridized carbons (Fsp3) is 0.0833. The molecule has 0 saturated heterocycles. The zero-order valence-corrected chi connectivity index (χ0v) is 9.90. The van der Waals surface area contributed by atoms with E-state index >= 15 is 0 Å². The molecule has 7 heteroatoms. The average Bonchev–Trinajstić information content (AvgIpc) is 2.41. The molecule has 0 amide bonds. The summed E-state index contributed by atoms with van der Waals surface area (Å²) in [5, 5.41) is 12.7. The van der Waals surface area contributed by atoms with Gasteiger partial charge in [-0.05, 0) is 12.1 Å². The van der Waals surface area contributed by atoms with E-state index in [9.17, 15) is 8.78 Å². The van der Waals surface area contributed by atoms with E-state index in [1.807, 2.05) is 0 Å². The van der Waals surface area contributed by atoms with Crippen molar-refractivity contribution in [2.75, 3.05) is 17.2 Å². The first-order chi connectivity index (χ1) is 9.20. The molecule has 0 unspecified atom stereocenters. The lowest BCUT2D eigenvalue weighted by molar-refractivity contribution is 0.590. The van der Waals surface area contributed by atoms with Crippen LogP contribution < -0.4 is 10.6 Å². The third kappa shape index (κ3) is 3.21. The first-order valence-electron chi connectivity index (χ1n) is 5.46. The summed E-state index contributed by atoms with van der Waals surface area (Å²) in [5.74, 6) is -0.995. The third-order valence-electron chi connectivity index (χ3n) is 2.18. The monoisotopic (exact) mass is 263 g/mol. The fourth-order valence-electron chi connectivity index (χ4n) is 1.35. The molecule has 0 aliphatic carbocycles. The van der Waals surface area contributed by atoms with E-state index in [-0.39, 0.29) is 17.5 Å². The molecule has 98 valence electrons. The molecule has 19 heavy (non-hydrogen) atoms. The second-order valence-electron chi connectivity index (χ2n) is 3.56. The van der Waals surface area contributed by atoms with Crippen molar-refractivity contribution in [3.63, 3.8) is 0 Å². The van der Waals surface area contributed by atoms with Crippen LogP contribution in [0.4, 0.5) is 26.2 Å². The van der Waals surface area contributed by atoms with Gasteiger partial charge in [0.1, 0.15) is 17.3 Å². The summed E-state index contributed by atoms with van der Waals surface area (Å²) in [6.45, 7) is 3.99. The van der Waals surface area contributed by atoms with Gasteiger partial charge in [0.2, 0.25) is 5.95 Å². The maximum atomic E-state index is 13.4. The molecule has 2 N–H and O–H groups in total. The highest BCUT2D eigenvalue weighted by molar-refractivity contribution is 5.57. The first-order valence-corrected chi connectivity index (χ1v) is 5.46. The lowest BCUT2D eigenvalue weighted by Crippen LogP contribution is -2.07. The Kier molecular flexibility index (Phi) is 3.97. The Morgan fingerprint density at radius 2 is 2.00 bits per heavy atom. The number of para-hydroxylation sites is 1. The summed E-state index contributed by atoms with van der Waals surface area (Å²) in [6.07, 6.45) is 2.89. The van der Waals surface area contributed by atoms with Crippen LogP contribution in [0.15, 0.2) is 37.1 Å². The Balaban J connectivity index is 2.21. The Hall–Kier alpha value is -2.57. The summed E-state index contributed by atoms with van der Waals surface area (Å²) in [4.78, 5) is 4.01. The van der Waals surface area contributed by atoms with E-state index in [2.05, 4.69) is 32.4 Å². The normalized spacial score (nSPS) is 10.0. The summed E-state index contributed by atoms with van der Waals surface area (Å²) < 4.78 is 26.9. The molecule has 1 heterocycles. The highest BCUT2D eigenvalue weighted by Crippen LogP contribution is 2.21. The second-order valence-corrected chi connectivity index (χ2v) is 3.56. The number of anilines is 3. The Morgan fingerprint density at radius 1 is 1.26 bits per heavy atom. The molecule has 1 aromatic heterocycles. The minimum absolute atomic E-state index is 0.186. The van der Waals surface area contributed by atoms with Crippen molar-refractivity contribution in [1.82, 2.24) is 15.2 Å². The zero-order valence-electron chi connectivity index (χ0n) is 9.90. The van der Waals surface area contributed by atoms with Crippen LogP contribution in [0.5, 0.6) is 0 Å². The number of rotatable bonds is 5. The van der Waals surface area contributed by atoms with E-state index in [1.54, 1.807) is 6.08 Å².